The van der Waals surface area contributed by atoms with Gasteiger partial charge < -0.3 is 0 Å². The topological polar surface area (TPSA) is 0 Å². The van der Waals surface area contributed by atoms with E-state index in [4.69, 9.17) is 0 Å². The summed E-state index contributed by atoms with van der Waals surface area (Å²) in [6.45, 7) is 3.98. The van der Waals surface area contributed by atoms with Crippen LogP contribution < -0.4 is 0 Å². The number of hydrogen-bond donors (Lipinski definition) is 0. The Hall–Kier alpha value is 0. The van der Waals surface area contributed by atoms with Crippen molar-refractivity contribution in [2.24, 2.45) is 11.3 Å². The Bertz CT molecular complexity index is 96.6. The molecule has 0 bridgehead atoms. The van der Waals surface area contributed by atoms with Crippen molar-refractivity contribution < 1.29 is 0 Å². The quantitative estimate of drug-likeness (QED) is 0.510. The molecule has 0 aromatic heterocycles. The molecular formula is C8H13. The van der Waals surface area contributed by atoms with Crippen molar-refractivity contribution in [3.63, 3.8) is 0 Å². The molecule has 2 rings (SSSR count). The fourth-order valence-corrected chi connectivity index (χ4v) is 1.72. The van der Waals surface area contributed by atoms with Gasteiger partial charge in [0.15, 0.2) is 0 Å². The Labute approximate surface area is 51.3 Å². The molecule has 0 nitrogen and oxygen atoms in total. The molecule has 0 saturated heterocycles. The van der Waals surface area contributed by atoms with Crippen molar-refractivity contribution in [1.29, 1.82) is 0 Å². The van der Waals surface area contributed by atoms with Gasteiger partial charge in [-0.05, 0) is 43.4 Å². The summed E-state index contributed by atoms with van der Waals surface area (Å²) in [5.74, 6) is 1.11. The van der Waals surface area contributed by atoms with Crippen molar-refractivity contribution in [2.75, 3.05) is 0 Å². The summed E-state index contributed by atoms with van der Waals surface area (Å²) in [6, 6.07) is 0. The van der Waals surface area contributed by atoms with Gasteiger partial charge in [0.2, 0.25) is 0 Å². The van der Waals surface area contributed by atoms with E-state index in [0.717, 1.165) is 11.3 Å². The van der Waals surface area contributed by atoms with E-state index in [9.17, 15) is 0 Å². The maximum Gasteiger partial charge on any atom is -0.0269 e. The molecule has 0 amide bonds. The van der Waals surface area contributed by atoms with Crippen LogP contribution in [-0.2, 0) is 0 Å². The van der Waals surface area contributed by atoms with Crippen LogP contribution in [0.4, 0.5) is 0 Å². The van der Waals surface area contributed by atoms with E-state index in [1.807, 2.05) is 0 Å². The molecule has 2 aliphatic rings. The van der Waals surface area contributed by atoms with Gasteiger partial charge in [0.05, 0.1) is 0 Å². The molecule has 45 valence electrons. The number of hydrogen-bond acceptors (Lipinski definition) is 0. The Kier molecular flexibility index (Phi) is 0.778. The molecule has 8 heavy (non-hydrogen) atoms. The van der Waals surface area contributed by atoms with E-state index >= 15 is 0 Å². The van der Waals surface area contributed by atoms with E-state index in [1.165, 1.54) is 32.1 Å². The molecular weight excluding hydrogens is 96.1 g/mol. The lowest BCUT2D eigenvalue weighted by atomic mass is 9.98. The standard InChI is InChI=1S/C8H13/c1-2-8(5-6-8)7-3-4-7/h7H,1-6H2. The van der Waals surface area contributed by atoms with Gasteiger partial charge in [-0.2, -0.15) is 0 Å². The van der Waals surface area contributed by atoms with Crippen LogP contribution in [0.1, 0.15) is 32.1 Å². The van der Waals surface area contributed by atoms with Crippen LogP contribution in [0.3, 0.4) is 0 Å². The fourth-order valence-electron chi connectivity index (χ4n) is 1.72. The van der Waals surface area contributed by atoms with Gasteiger partial charge >= 0.3 is 0 Å². The molecule has 0 aromatic carbocycles. The summed E-state index contributed by atoms with van der Waals surface area (Å²) in [5.41, 5.74) is 0.792. The van der Waals surface area contributed by atoms with Crippen LogP contribution in [0.25, 0.3) is 0 Å². The first-order valence-electron chi connectivity index (χ1n) is 3.67. The Morgan fingerprint density at radius 3 is 2.12 bits per heavy atom. The molecule has 0 aromatic rings. The smallest absolute Gasteiger partial charge is 0.0269 e. The van der Waals surface area contributed by atoms with Crippen molar-refractivity contribution in [2.45, 2.75) is 32.1 Å². The molecule has 0 heteroatoms. The maximum absolute atomic E-state index is 3.98. The van der Waals surface area contributed by atoms with Crippen LogP contribution in [0.5, 0.6) is 0 Å². The lowest BCUT2D eigenvalue weighted by molar-refractivity contribution is 0.444. The molecule has 0 aliphatic heterocycles. The summed E-state index contributed by atoms with van der Waals surface area (Å²) in [5, 5.41) is 0. The fraction of sp³-hybridized carbons (Fsp3) is 0.875. The summed E-state index contributed by atoms with van der Waals surface area (Å²) in [7, 11) is 0. The van der Waals surface area contributed by atoms with Gasteiger partial charge in [0.25, 0.3) is 0 Å². The van der Waals surface area contributed by atoms with Crippen molar-refractivity contribution in [3.05, 3.63) is 6.92 Å². The van der Waals surface area contributed by atoms with Gasteiger partial charge in [0.1, 0.15) is 0 Å². The zero-order chi connectivity index (χ0) is 5.61. The minimum absolute atomic E-state index is 0.792. The molecule has 1 radical (unpaired) electrons. The summed E-state index contributed by atoms with van der Waals surface area (Å²) >= 11 is 0. The summed E-state index contributed by atoms with van der Waals surface area (Å²) in [6.07, 6.45) is 7.20. The highest BCUT2D eigenvalue weighted by Gasteiger charge is 2.51. The first kappa shape index (κ1) is 4.84. The normalized spacial score (nSPS) is 32.6. The Morgan fingerprint density at radius 2 is 2.00 bits per heavy atom. The second kappa shape index (κ2) is 1.29. The molecule has 0 spiro atoms. The van der Waals surface area contributed by atoms with Gasteiger partial charge in [-0.3, -0.25) is 0 Å². The maximum atomic E-state index is 3.98. The van der Waals surface area contributed by atoms with Gasteiger partial charge in [-0.1, -0.05) is 6.92 Å². The van der Waals surface area contributed by atoms with Crippen LogP contribution in [0.15, 0.2) is 0 Å². The summed E-state index contributed by atoms with van der Waals surface area (Å²) in [4.78, 5) is 0. The first-order valence-corrected chi connectivity index (χ1v) is 3.67. The highest BCUT2D eigenvalue weighted by molar-refractivity contribution is 5.03. The molecule has 0 N–H and O–H groups in total. The monoisotopic (exact) mass is 109 g/mol. The highest BCUT2D eigenvalue weighted by Crippen LogP contribution is 2.63. The van der Waals surface area contributed by atoms with Gasteiger partial charge in [-0.15, -0.1) is 0 Å². The lowest BCUT2D eigenvalue weighted by Crippen LogP contribution is -1.99. The first-order chi connectivity index (χ1) is 3.87. The van der Waals surface area contributed by atoms with E-state index in [1.54, 1.807) is 0 Å². The SMILES string of the molecule is [CH2]CC1(C2CC2)CC1. The average Bonchev–Trinajstić information content (AvgIpc) is 2.63. The van der Waals surface area contributed by atoms with Gasteiger partial charge in [-0.25, -0.2) is 0 Å². The van der Waals surface area contributed by atoms with Crippen LogP contribution in [-0.4, -0.2) is 0 Å². The van der Waals surface area contributed by atoms with E-state index in [2.05, 4.69) is 6.92 Å². The minimum atomic E-state index is 0.792. The van der Waals surface area contributed by atoms with Crippen molar-refractivity contribution in [1.82, 2.24) is 0 Å². The average molecular weight is 109 g/mol. The Morgan fingerprint density at radius 1 is 1.38 bits per heavy atom. The molecule has 0 unspecified atom stereocenters. The van der Waals surface area contributed by atoms with Crippen LogP contribution >= 0.6 is 0 Å². The van der Waals surface area contributed by atoms with E-state index in [0.29, 0.717) is 0 Å². The van der Waals surface area contributed by atoms with Crippen LogP contribution in [0, 0.1) is 18.3 Å². The molecule has 2 aliphatic carbocycles. The zero-order valence-electron chi connectivity index (χ0n) is 5.32. The van der Waals surface area contributed by atoms with Gasteiger partial charge in [0, 0.05) is 0 Å². The van der Waals surface area contributed by atoms with Crippen molar-refractivity contribution in [3.8, 4) is 0 Å². The van der Waals surface area contributed by atoms with Crippen LogP contribution in [0.2, 0.25) is 0 Å². The summed E-state index contributed by atoms with van der Waals surface area (Å²) < 4.78 is 0. The van der Waals surface area contributed by atoms with Crippen molar-refractivity contribution >= 4 is 0 Å². The van der Waals surface area contributed by atoms with E-state index < -0.39 is 0 Å². The third kappa shape index (κ3) is 0.519. The molecule has 2 saturated carbocycles. The third-order valence-corrected chi connectivity index (χ3v) is 2.83. The lowest BCUT2D eigenvalue weighted by Gasteiger charge is -2.07. The second-order valence-electron chi connectivity index (χ2n) is 3.39. The highest BCUT2D eigenvalue weighted by atomic mass is 14.6. The molecule has 0 heterocycles. The predicted molar refractivity (Wildman–Crippen MR) is 34.4 cm³/mol. The third-order valence-electron chi connectivity index (χ3n) is 2.83. The molecule has 2 fully saturated rings. The largest absolute Gasteiger partial charge is 0.0527 e. The second-order valence-corrected chi connectivity index (χ2v) is 3.39. The van der Waals surface area contributed by atoms with E-state index in [-0.39, 0.29) is 0 Å². The minimum Gasteiger partial charge on any atom is -0.0527 e. The zero-order valence-corrected chi connectivity index (χ0v) is 5.32. The predicted octanol–water partition coefficient (Wildman–Crippen LogP) is 2.40. The Balaban J connectivity index is 1.99. The molecule has 0 atom stereocenters. The number of rotatable bonds is 2.